The van der Waals surface area contributed by atoms with Crippen LogP contribution < -0.4 is 5.32 Å². The fourth-order valence-electron chi connectivity index (χ4n) is 2.34. The topological polar surface area (TPSA) is 51.2 Å². The summed E-state index contributed by atoms with van der Waals surface area (Å²) in [7, 11) is 0. The van der Waals surface area contributed by atoms with Crippen molar-refractivity contribution in [3.63, 3.8) is 0 Å². The lowest BCUT2D eigenvalue weighted by molar-refractivity contribution is -0.121. The monoisotopic (exact) mass is 290 g/mol. The van der Waals surface area contributed by atoms with Crippen LogP contribution in [0.5, 0.6) is 0 Å². The molecule has 4 nitrogen and oxygen atoms in total. The zero-order valence-corrected chi connectivity index (χ0v) is 12.1. The molecule has 1 aromatic carbocycles. The maximum Gasteiger partial charge on any atom is 0.220 e. The van der Waals surface area contributed by atoms with Gasteiger partial charge < -0.3 is 10.1 Å². The largest absolute Gasteiger partial charge is 0.381 e. The molecule has 1 N–H and O–H groups in total. The molecular formula is C15H18N2O2S. The van der Waals surface area contributed by atoms with E-state index in [9.17, 15) is 4.79 Å². The van der Waals surface area contributed by atoms with Crippen molar-refractivity contribution in [2.24, 2.45) is 5.92 Å². The van der Waals surface area contributed by atoms with Gasteiger partial charge in [-0.3, -0.25) is 4.79 Å². The maximum atomic E-state index is 11.8. The number of amides is 1. The number of hydrogen-bond donors (Lipinski definition) is 1. The zero-order valence-electron chi connectivity index (χ0n) is 11.3. The number of fused-ring (bicyclic) bond motifs is 1. The van der Waals surface area contributed by atoms with Gasteiger partial charge in [0.05, 0.1) is 21.8 Å². The molecule has 1 aromatic heterocycles. The molecule has 1 saturated heterocycles. The second-order valence-electron chi connectivity index (χ2n) is 5.11. The van der Waals surface area contributed by atoms with Crippen LogP contribution in [0, 0.1) is 5.92 Å². The first-order valence-electron chi connectivity index (χ1n) is 7.00. The minimum Gasteiger partial charge on any atom is -0.381 e. The quantitative estimate of drug-likeness (QED) is 0.920. The second-order valence-corrected chi connectivity index (χ2v) is 6.22. The van der Waals surface area contributed by atoms with Crippen molar-refractivity contribution in [2.75, 3.05) is 19.8 Å². The van der Waals surface area contributed by atoms with Crippen LogP contribution in [0.15, 0.2) is 24.3 Å². The molecular weight excluding hydrogens is 272 g/mol. The highest BCUT2D eigenvalue weighted by molar-refractivity contribution is 7.18. The molecule has 1 amide bonds. The first kappa shape index (κ1) is 13.5. The highest BCUT2D eigenvalue weighted by Crippen LogP contribution is 2.22. The van der Waals surface area contributed by atoms with Gasteiger partial charge in [0, 0.05) is 31.9 Å². The van der Waals surface area contributed by atoms with Crippen molar-refractivity contribution in [3.05, 3.63) is 29.3 Å². The predicted molar refractivity (Wildman–Crippen MR) is 79.9 cm³/mol. The molecule has 1 fully saturated rings. The number of nitrogens with zero attached hydrogens (tertiary/aromatic N) is 1. The molecule has 0 saturated carbocycles. The number of para-hydroxylation sites is 1. The minimum absolute atomic E-state index is 0.108. The number of benzene rings is 1. The van der Waals surface area contributed by atoms with Gasteiger partial charge in [0.1, 0.15) is 0 Å². The SMILES string of the molecule is O=C(CCc1nc2ccccc2s1)NC[C@@H]1CCOC1. The minimum atomic E-state index is 0.108. The van der Waals surface area contributed by atoms with E-state index >= 15 is 0 Å². The Morgan fingerprint density at radius 1 is 1.45 bits per heavy atom. The van der Waals surface area contributed by atoms with Crippen LogP contribution in [0.4, 0.5) is 0 Å². The number of rotatable bonds is 5. The Morgan fingerprint density at radius 3 is 3.15 bits per heavy atom. The summed E-state index contributed by atoms with van der Waals surface area (Å²) in [5.41, 5.74) is 1.02. The van der Waals surface area contributed by atoms with Gasteiger partial charge >= 0.3 is 0 Å². The summed E-state index contributed by atoms with van der Waals surface area (Å²) in [6.07, 6.45) is 2.28. The third-order valence-corrected chi connectivity index (χ3v) is 4.61. The van der Waals surface area contributed by atoms with Crippen LogP contribution in [0.1, 0.15) is 17.8 Å². The summed E-state index contributed by atoms with van der Waals surface area (Å²) in [6, 6.07) is 8.08. The number of aromatic nitrogens is 1. The zero-order chi connectivity index (χ0) is 13.8. The van der Waals surface area contributed by atoms with Gasteiger partial charge in [-0.05, 0) is 18.6 Å². The Hall–Kier alpha value is -1.46. The van der Waals surface area contributed by atoms with E-state index in [0.29, 0.717) is 18.8 Å². The van der Waals surface area contributed by atoms with E-state index in [1.165, 1.54) is 4.70 Å². The molecule has 2 heterocycles. The number of ether oxygens (including phenoxy) is 1. The number of carbonyl (C=O) groups excluding carboxylic acids is 1. The molecule has 2 aromatic rings. The third kappa shape index (κ3) is 3.35. The summed E-state index contributed by atoms with van der Waals surface area (Å²) in [4.78, 5) is 16.4. The van der Waals surface area contributed by atoms with Crippen molar-refractivity contribution < 1.29 is 9.53 Å². The molecule has 1 atom stereocenters. The molecule has 20 heavy (non-hydrogen) atoms. The fourth-order valence-corrected chi connectivity index (χ4v) is 3.31. The van der Waals surface area contributed by atoms with Gasteiger partial charge in [0.2, 0.25) is 5.91 Å². The van der Waals surface area contributed by atoms with Gasteiger partial charge in [-0.1, -0.05) is 12.1 Å². The second kappa shape index (κ2) is 6.33. The van der Waals surface area contributed by atoms with Crippen molar-refractivity contribution in [1.29, 1.82) is 0 Å². The Labute approximate surface area is 122 Å². The number of aryl methyl sites for hydroxylation is 1. The number of thiazole rings is 1. The van der Waals surface area contributed by atoms with Gasteiger partial charge in [-0.25, -0.2) is 4.98 Å². The van der Waals surface area contributed by atoms with Crippen molar-refractivity contribution >= 4 is 27.5 Å². The molecule has 0 aliphatic carbocycles. The van der Waals surface area contributed by atoms with E-state index in [1.54, 1.807) is 11.3 Å². The average Bonchev–Trinajstić information content (AvgIpc) is 3.11. The predicted octanol–water partition coefficient (Wildman–Crippen LogP) is 2.38. The Bertz CT molecular complexity index is 557. The smallest absolute Gasteiger partial charge is 0.220 e. The Balaban J connectivity index is 1.47. The normalized spacial score (nSPS) is 18.5. The summed E-state index contributed by atoms with van der Waals surface area (Å²) in [5, 5.41) is 4.02. The highest BCUT2D eigenvalue weighted by atomic mass is 32.1. The molecule has 5 heteroatoms. The molecule has 0 bridgehead atoms. The lowest BCUT2D eigenvalue weighted by Gasteiger charge is -2.08. The molecule has 0 radical (unpaired) electrons. The summed E-state index contributed by atoms with van der Waals surface area (Å²) in [6.45, 7) is 2.34. The molecule has 0 unspecified atom stereocenters. The standard InChI is InChI=1S/C15H18N2O2S/c18-14(16-9-11-7-8-19-10-11)5-6-15-17-12-3-1-2-4-13(12)20-15/h1-4,11H,5-10H2,(H,16,18)/t11-/m0/s1. The molecule has 106 valence electrons. The lowest BCUT2D eigenvalue weighted by Crippen LogP contribution is -2.29. The maximum absolute atomic E-state index is 11.8. The van der Waals surface area contributed by atoms with E-state index in [0.717, 1.165) is 36.7 Å². The first-order chi connectivity index (χ1) is 9.81. The van der Waals surface area contributed by atoms with Gasteiger partial charge in [-0.15, -0.1) is 11.3 Å². The number of carbonyl (C=O) groups is 1. The lowest BCUT2D eigenvalue weighted by atomic mass is 10.1. The Morgan fingerprint density at radius 2 is 2.35 bits per heavy atom. The van der Waals surface area contributed by atoms with Crippen LogP contribution in [0.3, 0.4) is 0 Å². The molecule has 3 rings (SSSR count). The number of hydrogen-bond acceptors (Lipinski definition) is 4. The van der Waals surface area contributed by atoms with Crippen LogP contribution in [0.2, 0.25) is 0 Å². The molecule has 0 spiro atoms. The molecule has 1 aliphatic heterocycles. The van der Waals surface area contributed by atoms with Crippen LogP contribution in [-0.2, 0) is 16.0 Å². The Kier molecular flexibility index (Phi) is 4.28. The van der Waals surface area contributed by atoms with Crippen LogP contribution >= 0.6 is 11.3 Å². The van der Waals surface area contributed by atoms with E-state index < -0.39 is 0 Å². The molecule has 1 aliphatic rings. The van der Waals surface area contributed by atoms with Gasteiger partial charge in [0.25, 0.3) is 0 Å². The van der Waals surface area contributed by atoms with Crippen molar-refractivity contribution in [2.45, 2.75) is 19.3 Å². The highest BCUT2D eigenvalue weighted by Gasteiger charge is 2.16. The van der Waals surface area contributed by atoms with Crippen molar-refractivity contribution in [1.82, 2.24) is 10.3 Å². The fraction of sp³-hybridized carbons (Fsp3) is 0.467. The average molecular weight is 290 g/mol. The van der Waals surface area contributed by atoms with Crippen LogP contribution in [0.25, 0.3) is 10.2 Å². The van der Waals surface area contributed by atoms with Gasteiger partial charge in [0.15, 0.2) is 0 Å². The summed E-state index contributed by atoms with van der Waals surface area (Å²) in [5.74, 6) is 0.595. The van der Waals surface area contributed by atoms with Crippen molar-refractivity contribution in [3.8, 4) is 0 Å². The first-order valence-corrected chi connectivity index (χ1v) is 7.82. The summed E-state index contributed by atoms with van der Waals surface area (Å²) < 4.78 is 6.48. The van der Waals surface area contributed by atoms with E-state index in [2.05, 4.69) is 16.4 Å². The van der Waals surface area contributed by atoms with Gasteiger partial charge in [-0.2, -0.15) is 0 Å². The number of nitrogens with one attached hydrogen (secondary N) is 1. The third-order valence-electron chi connectivity index (χ3n) is 3.52. The van der Waals surface area contributed by atoms with E-state index in [4.69, 9.17) is 4.74 Å². The van der Waals surface area contributed by atoms with E-state index in [1.807, 2.05) is 18.2 Å². The van der Waals surface area contributed by atoms with Crippen LogP contribution in [-0.4, -0.2) is 30.6 Å². The van der Waals surface area contributed by atoms with E-state index in [-0.39, 0.29) is 5.91 Å². The summed E-state index contributed by atoms with van der Waals surface area (Å²) >= 11 is 1.67.